The average Bonchev–Trinajstić information content (AvgIpc) is 2.64. The number of nitrogens with two attached hydrogens (primary N) is 1. The Morgan fingerprint density at radius 2 is 1.70 bits per heavy atom. The van der Waals surface area contributed by atoms with Crippen LogP contribution in [0.5, 0.6) is 5.75 Å². The van der Waals surface area contributed by atoms with Crippen LogP contribution in [0, 0.1) is 0 Å². The molecule has 0 bridgehead atoms. The summed E-state index contributed by atoms with van der Waals surface area (Å²) < 4.78 is 56.4. The molecule has 9 nitrogen and oxygen atoms in total. The second-order valence-electron chi connectivity index (χ2n) is 7.61. The second kappa shape index (κ2) is 7.65. The van der Waals surface area contributed by atoms with Gasteiger partial charge in [0.2, 0.25) is 26.0 Å². The van der Waals surface area contributed by atoms with Gasteiger partial charge in [-0.15, -0.1) is 0 Å². The summed E-state index contributed by atoms with van der Waals surface area (Å²) in [5.41, 5.74) is 0.349. The van der Waals surface area contributed by atoms with Crippen LogP contribution in [-0.4, -0.2) is 34.9 Å². The fraction of sp³-hybridized carbons (Fsp3) is 0.316. The molecule has 11 heteroatoms. The minimum atomic E-state index is -3.89. The molecular weight excluding hydrogens is 430 g/mol. The van der Waals surface area contributed by atoms with Crippen molar-refractivity contribution in [3.05, 3.63) is 48.0 Å². The van der Waals surface area contributed by atoms with Crippen molar-refractivity contribution < 1.29 is 26.4 Å². The molecule has 0 fully saturated rings. The minimum Gasteiger partial charge on any atom is -0.484 e. The van der Waals surface area contributed by atoms with Gasteiger partial charge in [0, 0.05) is 13.5 Å². The van der Waals surface area contributed by atoms with Gasteiger partial charge < -0.3 is 9.64 Å². The van der Waals surface area contributed by atoms with Gasteiger partial charge in [0.25, 0.3) is 0 Å². The molecule has 1 heterocycles. The predicted molar refractivity (Wildman–Crippen MR) is 111 cm³/mol. The second-order valence-corrected chi connectivity index (χ2v) is 10.9. The number of rotatable bonds is 5. The fourth-order valence-corrected chi connectivity index (χ4v) is 4.65. The smallest absolute Gasteiger partial charge is 0.240 e. The Morgan fingerprint density at radius 3 is 2.27 bits per heavy atom. The number of anilines is 1. The fourth-order valence-electron chi connectivity index (χ4n) is 3.10. The third kappa shape index (κ3) is 4.81. The number of ether oxygens (including phenoxy) is 1. The van der Waals surface area contributed by atoms with E-state index in [4.69, 9.17) is 9.88 Å². The van der Waals surface area contributed by atoms with Crippen LogP contribution in [0.1, 0.15) is 26.3 Å². The van der Waals surface area contributed by atoms with Crippen molar-refractivity contribution in [3.63, 3.8) is 0 Å². The van der Waals surface area contributed by atoms with Crippen LogP contribution < -0.4 is 19.5 Å². The highest BCUT2D eigenvalue weighted by Gasteiger charge is 2.34. The van der Waals surface area contributed by atoms with E-state index in [9.17, 15) is 21.6 Å². The van der Waals surface area contributed by atoms with Gasteiger partial charge in [0.05, 0.1) is 22.0 Å². The Bertz CT molecular complexity index is 1190. The average molecular weight is 454 g/mol. The van der Waals surface area contributed by atoms with Crippen molar-refractivity contribution in [2.45, 2.75) is 42.7 Å². The number of carbonyl (C=O) groups is 1. The number of fused-ring (bicyclic) bond motifs is 1. The number of nitrogens with one attached hydrogen (secondary N) is 1. The lowest BCUT2D eigenvalue weighted by molar-refractivity contribution is -0.117. The Hall–Kier alpha value is -2.47. The van der Waals surface area contributed by atoms with Crippen molar-refractivity contribution in [1.82, 2.24) is 4.72 Å². The normalized spacial score (nSPS) is 15.9. The van der Waals surface area contributed by atoms with E-state index < -0.39 is 25.6 Å². The lowest BCUT2D eigenvalue weighted by Crippen LogP contribution is -2.48. The molecule has 0 saturated heterocycles. The van der Waals surface area contributed by atoms with E-state index in [0.717, 1.165) is 0 Å². The molecule has 0 saturated carbocycles. The summed E-state index contributed by atoms with van der Waals surface area (Å²) in [4.78, 5) is 13.5. The Balaban J connectivity index is 1.83. The molecule has 1 amide bonds. The molecule has 30 heavy (non-hydrogen) atoms. The maximum absolute atomic E-state index is 12.8. The standard InChI is InChI=1S/C19H23N3O6S2/c1-13(23)22-12-19(2,3)28-18-9-8-16(10-17(18)22)30(26,27)21-11-14-4-6-15(7-5-14)29(20,24)25/h4-10,21H,11-12H2,1-3H3,(H2,20,24,25). The zero-order chi connectivity index (χ0) is 22.3. The summed E-state index contributed by atoms with van der Waals surface area (Å²) >= 11 is 0. The van der Waals surface area contributed by atoms with E-state index in [1.165, 1.54) is 54.3 Å². The van der Waals surface area contributed by atoms with Crippen molar-refractivity contribution >= 4 is 31.6 Å². The van der Waals surface area contributed by atoms with Crippen LogP contribution in [0.15, 0.2) is 52.3 Å². The van der Waals surface area contributed by atoms with Crippen molar-refractivity contribution in [2.24, 2.45) is 5.14 Å². The third-order valence-electron chi connectivity index (χ3n) is 4.55. The highest BCUT2D eigenvalue weighted by atomic mass is 32.2. The summed E-state index contributed by atoms with van der Waals surface area (Å²) in [6.45, 7) is 5.35. The molecule has 0 unspecified atom stereocenters. The summed E-state index contributed by atoms with van der Waals surface area (Å²) in [7, 11) is -7.71. The monoisotopic (exact) mass is 453 g/mol. The molecule has 162 valence electrons. The molecule has 0 atom stereocenters. The van der Waals surface area contributed by atoms with Crippen LogP contribution in [0.4, 0.5) is 5.69 Å². The van der Waals surface area contributed by atoms with Gasteiger partial charge in [-0.3, -0.25) is 4.79 Å². The lowest BCUT2D eigenvalue weighted by Gasteiger charge is -2.39. The number of nitrogens with zero attached hydrogens (tertiary/aromatic N) is 1. The van der Waals surface area contributed by atoms with Crippen molar-refractivity contribution in [1.29, 1.82) is 0 Å². The number of sulfonamides is 2. The van der Waals surface area contributed by atoms with E-state index in [1.54, 1.807) is 0 Å². The number of hydrogen-bond acceptors (Lipinski definition) is 6. The molecule has 3 rings (SSSR count). The topological polar surface area (TPSA) is 136 Å². The molecule has 0 radical (unpaired) electrons. The quantitative estimate of drug-likeness (QED) is 0.701. The van der Waals surface area contributed by atoms with Crippen LogP contribution in [0.3, 0.4) is 0 Å². The van der Waals surface area contributed by atoms with Crippen LogP contribution in [-0.2, 0) is 31.4 Å². The van der Waals surface area contributed by atoms with Gasteiger partial charge in [0.15, 0.2) is 0 Å². The van der Waals surface area contributed by atoms with E-state index in [0.29, 0.717) is 23.5 Å². The first-order valence-corrected chi connectivity index (χ1v) is 12.0. The van der Waals surface area contributed by atoms with E-state index in [1.807, 2.05) is 13.8 Å². The third-order valence-corrected chi connectivity index (χ3v) is 6.88. The predicted octanol–water partition coefficient (Wildman–Crippen LogP) is 1.34. The van der Waals surface area contributed by atoms with Crippen LogP contribution >= 0.6 is 0 Å². The maximum atomic E-state index is 12.8. The largest absolute Gasteiger partial charge is 0.484 e. The van der Waals surface area contributed by atoms with Crippen LogP contribution in [0.2, 0.25) is 0 Å². The molecular formula is C19H23N3O6S2. The summed E-state index contributed by atoms with van der Waals surface area (Å²) in [5, 5.41) is 5.05. The number of benzene rings is 2. The van der Waals surface area contributed by atoms with Crippen LogP contribution in [0.25, 0.3) is 0 Å². The summed E-state index contributed by atoms with van der Waals surface area (Å²) in [6.07, 6.45) is 0. The van der Waals surface area contributed by atoms with Gasteiger partial charge in [-0.1, -0.05) is 12.1 Å². The molecule has 2 aromatic carbocycles. The van der Waals surface area contributed by atoms with Gasteiger partial charge in [-0.05, 0) is 49.7 Å². The number of hydrogen-bond donors (Lipinski definition) is 2. The van der Waals surface area contributed by atoms with Gasteiger partial charge in [-0.25, -0.2) is 26.7 Å². The first-order chi connectivity index (χ1) is 13.8. The zero-order valence-corrected chi connectivity index (χ0v) is 18.4. The molecule has 0 spiro atoms. The first-order valence-electron chi connectivity index (χ1n) is 9.01. The van der Waals surface area contributed by atoms with Crippen molar-refractivity contribution in [3.8, 4) is 5.75 Å². The molecule has 1 aliphatic heterocycles. The number of carbonyl (C=O) groups excluding carboxylic acids is 1. The Labute approximate surface area is 175 Å². The number of amides is 1. The first kappa shape index (κ1) is 22.2. The molecule has 0 aliphatic carbocycles. The summed E-state index contributed by atoms with van der Waals surface area (Å²) in [6, 6.07) is 9.90. The van der Waals surface area contributed by atoms with Crippen molar-refractivity contribution in [2.75, 3.05) is 11.4 Å². The number of primary sulfonamides is 1. The SMILES string of the molecule is CC(=O)N1CC(C)(C)Oc2ccc(S(=O)(=O)NCc3ccc(S(N)(=O)=O)cc3)cc21. The van der Waals surface area contributed by atoms with Gasteiger partial charge >= 0.3 is 0 Å². The molecule has 0 aromatic heterocycles. The Kier molecular flexibility index (Phi) is 5.67. The molecule has 3 N–H and O–H groups in total. The minimum absolute atomic E-state index is 0.0167. The van der Waals surface area contributed by atoms with E-state index >= 15 is 0 Å². The highest BCUT2D eigenvalue weighted by molar-refractivity contribution is 7.89. The maximum Gasteiger partial charge on any atom is 0.240 e. The lowest BCUT2D eigenvalue weighted by atomic mass is 10.1. The van der Waals surface area contributed by atoms with Gasteiger partial charge in [0.1, 0.15) is 11.4 Å². The molecule has 1 aliphatic rings. The van der Waals surface area contributed by atoms with E-state index in [2.05, 4.69) is 4.72 Å². The Morgan fingerprint density at radius 1 is 1.10 bits per heavy atom. The highest BCUT2D eigenvalue weighted by Crippen LogP contribution is 2.38. The van der Waals surface area contributed by atoms with E-state index in [-0.39, 0.29) is 22.2 Å². The molecule has 2 aromatic rings. The zero-order valence-electron chi connectivity index (χ0n) is 16.7. The summed E-state index contributed by atoms with van der Waals surface area (Å²) in [5.74, 6) is 0.212. The van der Waals surface area contributed by atoms with Gasteiger partial charge in [-0.2, -0.15) is 0 Å².